The third-order valence-electron chi connectivity index (χ3n) is 4.65. The fourth-order valence-corrected chi connectivity index (χ4v) is 3.09. The number of alkyl carbamates (subject to hydrolysis) is 1. The zero-order valence-corrected chi connectivity index (χ0v) is 20.3. The van der Waals surface area contributed by atoms with Gasteiger partial charge in [0.1, 0.15) is 30.0 Å². The molecule has 0 heterocycles. The lowest BCUT2D eigenvalue weighted by atomic mass is 9.98. The third kappa shape index (κ3) is 8.28. The van der Waals surface area contributed by atoms with Crippen molar-refractivity contribution in [3.05, 3.63) is 29.8 Å². The Labute approximate surface area is 194 Å². The molecule has 3 amide bonds. The summed E-state index contributed by atoms with van der Waals surface area (Å²) >= 11 is 0. The molecule has 0 aliphatic carbocycles. The first-order chi connectivity index (χ1) is 15.3. The minimum Gasteiger partial charge on any atom is -0.508 e. The standard InChI is InChI=1S/C23H35N3O7/c1-8-26(21(30)18(14(2)3)25-22(31)33-23(4,5)6)19(15-11-9-10-12-16(15)27)20(29)24-13-17(28)32-7/h9-12,14,18-19,27H,8,13H2,1-7H3,(H,24,29)(H,25,31). The average Bonchev–Trinajstić information content (AvgIpc) is 2.72. The van der Waals surface area contributed by atoms with E-state index >= 15 is 0 Å². The highest BCUT2D eigenvalue weighted by Gasteiger charge is 2.37. The van der Waals surface area contributed by atoms with Gasteiger partial charge >= 0.3 is 12.1 Å². The van der Waals surface area contributed by atoms with Crippen molar-refractivity contribution in [3.8, 4) is 5.75 Å². The lowest BCUT2D eigenvalue weighted by molar-refractivity contribution is -0.145. The van der Waals surface area contributed by atoms with E-state index in [2.05, 4.69) is 15.4 Å². The zero-order valence-electron chi connectivity index (χ0n) is 20.3. The van der Waals surface area contributed by atoms with Crippen LogP contribution in [-0.4, -0.2) is 65.7 Å². The Hall–Kier alpha value is -3.30. The smallest absolute Gasteiger partial charge is 0.408 e. The molecule has 1 aromatic carbocycles. The molecule has 3 N–H and O–H groups in total. The molecule has 1 aromatic rings. The Morgan fingerprint density at radius 2 is 1.73 bits per heavy atom. The van der Waals surface area contributed by atoms with E-state index < -0.39 is 48.1 Å². The summed E-state index contributed by atoms with van der Waals surface area (Å²) in [6.07, 6.45) is -0.764. The lowest BCUT2D eigenvalue weighted by Crippen LogP contribution is -2.55. The van der Waals surface area contributed by atoms with E-state index in [-0.39, 0.29) is 23.8 Å². The molecule has 0 bridgehead atoms. The maximum absolute atomic E-state index is 13.5. The second-order valence-electron chi connectivity index (χ2n) is 8.75. The molecule has 0 aliphatic rings. The molecule has 0 radical (unpaired) electrons. The highest BCUT2D eigenvalue weighted by atomic mass is 16.6. The van der Waals surface area contributed by atoms with Gasteiger partial charge in [0.2, 0.25) is 11.8 Å². The Bertz CT molecular complexity index is 849. The van der Waals surface area contributed by atoms with Crippen LogP contribution in [-0.2, 0) is 23.9 Å². The number of para-hydroxylation sites is 1. The minimum atomic E-state index is -1.25. The topological polar surface area (TPSA) is 134 Å². The van der Waals surface area contributed by atoms with E-state index in [4.69, 9.17) is 4.74 Å². The van der Waals surface area contributed by atoms with Gasteiger partial charge in [0.15, 0.2) is 0 Å². The molecule has 184 valence electrons. The van der Waals surface area contributed by atoms with Gasteiger partial charge in [-0.1, -0.05) is 32.0 Å². The van der Waals surface area contributed by atoms with Crippen LogP contribution in [0.1, 0.15) is 53.1 Å². The number of hydrogen-bond donors (Lipinski definition) is 3. The van der Waals surface area contributed by atoms with Crippen LogP contribution in [0.15, 0.2) is 24.3 Å². The van der Waals surface area contributed by atoms with Crippen molar-refractivity contribution in [2.75, 3.05) is 20.2 Å². The lowest BCUT2D eigenvalue weighted by Gasteiger charge is -2.35. The van der Waals surface area contributed by atoms with Gasteiger partial charge in [-0.25, -0.2) is 4.79 Å². The molecule has 0 saturated carbocycles. The third-order valence-corrected chi connectivity index (χ3v) is 4.65. The number of esters is 1. The van der Waals surface area contributed by atoms with Crippen molar-refractivity contribution in [2.24, 2.45) is 5.92 Å². The van der Waals surface area contributed by atoms with Crippen molar-refractivity contribution in [3.63, 3.8) is 0 Å². The van der Waals surface area contributed by atoms with Gasteiger partial charge in [-0.05, 0) is 39.7 Å². The van der Waals surface area contributed by atoms with E-state index in [1.54, 1.807) is 53.7 Å². The number of benzene rings is 1. The molecule has 1 rings (SSSR count). The number of carbonyl (C=O) groups excluding carboxylic acids is 4. The number of phenols is 1. The van der Waals surface area contributed by atoms with E-state index in [1.807, 2.05) is 0 Å². The molecule has 0 fully saturated rings. The molecule has 0 spiro atoms. The summed E-state index contributed by atoms with van der Waals surface area (Å²) in [5.74, 6) is -2.41. The van der Waals surface area contributed by atoms with Crippen LogP contribution >= 0.6 is 0 Å². The predicted molar refractivity (Wildman–Crippen MR) is 121 cm³/mol. The Morgan fingerprint density at radius 3 is 2.21 bits per heavy atom. The minimum absolute atomic E-state index is 0.0860. The number of hydrogen-bond acceptors (Lipinski definition) is 7. The maximum Gasteiger partial charge on any atom is 0.408 e. The number of amides is 3. The summed E-state index contributed by atoms with van der Waals surface area (Å²) in [5.41, 5.74) is -0.583. The highest BCUT2D eigenvalue weighted by molar-refractivity contribution is 5.93. The fraction of sp³-hybridized carbons (Fsp3) is 0.565. The predicted octanol–water partition coefficient (Wildman–Crippen LogP) is 2.12. The molecule has 10 nitrogen and oxygen atoms in total. The number of phenolic OH excluding ortho intramolecular Hbond substituents is 1. The second-order valence-corrected chi connectivity index (χ2v) is 8.75. The molecule has 33 heavy (non-hydrogen) atoms. The van der Waals surface area contributed by atoms with Crippen molar-refractivity contribution < 1.29 is 33.8 Å². The normalized spacial score (nSPS) is 13.0. The van der Waals surface area contributed by atoms with Crippen molar-refractivity contribution >= 4 is 23.9 Å². The van der Waals surface area contributed by atoms with Crippen LogP contribution < -0.4 is 10.6 Å². The molecule has 2 atom stereocenters. The van der Waals surface area contributed by atoms with Crippen LogP contribution in [0.2, 0.25) is 0 Å². The van der Waals surface area contributed by atoms with Crippen molar-refractivity contribution in [2.45, 2.75) is 59.2 Å². The van der Waals surface area contributed by atoms with Crippen LogP contribution in [0.5, 0.6) is 5.75 Å². The molecule has 0 saturated heterocycles. The number of rotatable bonds is 9. The highest BCUT2D eigenvalue weighted by Crippen LogP contribution is 2.30. The van der Waals surface area contributed by atoms with Crippen molar-refractivity contribution in [1.29, 1.82) is 0 Å². The van der Waals surface area contributed by atoms with Gasteiger partial charge in [-0.15, -0.1) is 0 Å². The number of nitrogens with zero attached hydrogens (tertiary/aromatic N) is 1. The molecule has 10 heteroatoms. The first-order valence-corrected chi connectivity index (χ1v) is 10.7. The van der Waals surface area contributed by atoms with Gasteiger partial charge in [-0.3, -0.25) is 14.4 Å². The number of methoxy groups -OCH3 is 1. The van der Waals surface area contributed by atoms with Crippen LogP contribution in [0.4, 0.5) is 4.79 Å². The average molecular weight is 466 g/mol. The fourth-order valence-electron chi connectivity index (χ4n) is 3.09. The number of nitrogens with one attached hydrogen (secondary N) is 2. The summed E-state index contributed by atoms with van der Waals surface area (Å²) in [7, 11) is 1.19. The Morgan fingerprint density at radius 1 is 1.12 bits per heavy atom. The first-order valence-electron chi connectivity index (χ1n) is 10.7. The number of ether oxygens (including phenoxy) is 2. The number of carbonyl (C=O) groups is 4. The van der Waals surface area contributed by atoms with E-state index in [9.17, 15) is 24.3 Å². The number of aromatic hydroxyl groups is 1. The van der Waals surface area contributed by atoms with Gasteiger partial charge in [-0.2, -0.15) is 0 Å². The van der Waals surface area contributed by atoms with Gasteiger partial charge in [0.05, 0.1) is 7.11 Å². The monoisotopic (exact) mass is 465 g/mol. The van der Waals surface area contributed by atoms with Crippen LogP contribution in [0, 0.1) is 5.92 Å². The van der Waals surface area contributed by atoms with E-state index in [0.29, 0.717) is 0 Å². The molecular formula is C23H35N3O7. The first kappa shape index (κ1) is 27.7. The van der Waals surface area contributed by atoms with Gasteiger partial charge in [0.25, 0.3) is 0 Å². The summed E-state index contributed by atoms with van der Waals surface area (Å²) < 4.78 is 9.83. The summed E-state index contributed by atoms with van der Waals surface area (Å²) in [6, 6.07) is 3.86. The number of likely N-dealkylation sites (N-methyl/N-ethyl adjacent to an activating group) is 1. The van der Waals surface area contributed by atoms with Crippen molar-refractivity contribution in [1.82, 2.24) is 15.5 Å². The van der Waals surface area contributed by atoms with E-state index in [0.717, 1.165) is 0 Å². The van der Waals surface area contributed by atoms with Gasteiger partial charge < -0.3 is 30.1 Å². The quantitative estimate of drug-likeness (QED) is 0.476. The molecule has 0 aliphatic heterocycles. The second kappa shape index (κ2) is 12.1. The van der Waals surface area contributed by atoms with E-state index in [1.165, 1.54) is 24.1 Å². The largest absolute Gasteiger partial charge is 0.508 e. The molecule has 0 aromatic heterocycles. The van der Waals surface area contributed by atoms with Crippen LogP contribution in [0.3, 0.4) is 0 Å². The van der Waals surface area contributed by atoms with Crippen LogP contribution in [0.25, 0.3) is 0 Å². The Balaban J connectivity index is 3.33. The SMILES string of the molecule is CCN(C(=O)C(NC(=O)OC(C)(C)C)C(C)C)C(C(=O)NCC(=O)OC)c1ccccc1O. The molecular weight excluding hydrogens is 430 g/mol. The summed E-state index contributed by atoms with van der Waals surface area (Å²) in [6.45, 7) is 9.96. The summed E-state index contributed by atoms with van der Waals surface area (Å²) in [5, 5.41) is 15.4. The Kier molecular flexibility index (Phi) is 10.2. The molecule has 2 unspecified atom stereocenters. The zero-order chi connectivity index (χ0) is 25.3. The van der Waals surface area contributed by atoms with Gasteiger partial charge in [0, 0.05) is 12.1 Å². The maximum atomic E-state index is 13.5. The summed E-state index contributed by atoms with van der Waals surface area (Å²) in [4.78, 5) is 51.7.